The lowest BCUT2D eigenvalue weighted by molar-refractivity contribution is -0.138. The van der Waals surface area contributed by atoms with Crippen molar-refractivity contribution in [3.05, 3.63) is 22.8 Å². The normalized spacial score (nSPS) is 11.6. The molecule has 0 saturated carbocycles. The molecule has 0 spiro atoms. The van der Waals surface area contributed by atoms with Crippen LogP contribution in [-0.4, -0.2) is 22.1 Å². The molecule has 1 aromatic heterocycles. The number of aromatic nitrogens is 1. The summed E-state index contributed by atoms with van der Waals surface area (Å²) in [4.78, 5) is 14.9. The lowest BCUT2D eigenvalue weighted by Crippen LogP contribution is -2.29. The highest BCUT2D eigenvalue weighted by Crippen LogP contribution is 2.16. The first-order valence-electron chi connectivity index (χ1n) is 5.14. The monoisotopic (exact) mass is 253 g/mol. The van der Waals surface area contributed by atoms with E-state index in [1.807, 2.05) is 13.0 Å². The summed E-state index contributed by atoms with van der Waals surface area (Å²) in [5.74, 6) is -0.603. The van der Waals surface area contributed by atoms with Gasteiger partial charge in [-0.2, -0.15) is 5.26 Å². The van der Waals surface area contributed by atoms with Crippen LogP contribution in [0.1, 0.15) is 25.5 Å². The van der Waals surface area contributed by atoms with Crippen LogP contribution in [0.2, 0.25) is 5.02 Å². The first kappa shape index (κ1) is 13.3. The lowest BCUT2D eigenvalue weighted by Gasteiger charge is -2.14. The van der Waals surface area contributed by atoms with Crippen LogP contribution >= 0.6 is 11.6 Å². The zero-order valence-electron chi connectivity index (χ0n) is 9.27. The van der Waals surface area contributed by atoms with E-state index >= 15 is 0 Å². The van der Waals surface area contributed by atoms with Crippen molar-refractivity contribution >= 4 is 23.4 Å². The van der Waals surface area contributed by atoms with Gasteiger partial charge in [0, 0.05) is 0 Å². The molecule has 5 nitrogen and oxygen atoms in total. The molecule has 2 N–H and O–H groups in total. The van der Waals surface area contributed by atoms with Gasteiger partial charge in [-0.25, -0.2) is 9.78 Å². The van der Waals surface area contributed by atoms with E-state index in [1.165, 1.54) is 6.07 Å². The third-order valence-electron chi connectivity index (χ3n) is 2.15. The summed E-state index contributed by atoms with van der Waals surface area (Å²) >= 11 is 5.73. The number of aliphatic carboxylic acids is 1. The van der Waals surface area contributed by atoms with E-state index in [-0.39, 0.29) is 10.7 Å². The van der Waals surface area contributed by atoms with E-state index in [9.17, 15) is 4.79 Å². The van der Waals surface area contributed by atoms with Crippen molar-refractivity contribution in [3.8, 4) is 6.07 Å². The van der Waals surface area contributed by atoms with Gasteiger partial charge in [0.05, 0.1) is 5.02 Å². The van der Waals surface area contributed by atoms with E-state index in [1.54, 1.807) is 6.07 Å². The Hall–Kier alpha value is -1.80. The first-order valence-corrected chi connectivity index (χ1v) is 5.52. The topological polar surface area (TPSA) is 86.0 Å². The van der Waals surface area contributed by atoms with Crippen LogP contribution in [0.4, 0.5) is 5.82 Å². The van der Waals surface area contributed by atoms with Crippen molar-refractivity contribution in [2.24, 2.45) is 0 Å². The van der Waals surface area contributed by atoms with Crippen LogP contribution in [0.5, 0.6) is 0 Å². The minimum Gasteiger partial charge on any atom is -0.480 e. The SMILES string of the molecule is CCCC(Nc1ccc(Cl)c(C#N)n1)C(=O)O. The molecule has 1 rings (SSSR count). The van der Waals surface area contributed by atoms with Gasteiger partial charge in [-0.05, 0) is 18.6 Å². The number of nitrogens with one attached hydrogen (secondary N) is 1. The Morgan fingerprint density at radius 1 is 1.71 bits per heavy atom. The number of carboxylic acids is 1. The molecule has 0 aliphatic rings. The molecule has 17 heavy (non-hydrogen) atoms. The van der Waals surface area contributed by atoms with E-state index in [4.69, 9.17) is 22.0 Å². The van der Waals surface area contributed by atoms with Crippen molar-refractivity contribution in [2.75, 3.05) is 5.32 Å². The highest BCUT2D eigenvalue weighted by molar-refractivity contribution is 6.31. The molecule has 0 radical (unpaired) electrons. The quantitative estimate of drug-likeness (QED) is 0.841. The van der Waals surface area contributed by atoms with Gasteiger partial charge in [-0.3, -0.25) is 0 Å². The van der Waals surface area contributed by atoms with Crippen LogP contribution in [0, 0.1) is 11.3 Å². The molecule has 0 saturated heterocycles. The molecular formula is C11H12ClN3O2. The summed E-state index contributed by atoms with van der Waals surface area (Å²) in [6.45, 7) is 1.90. The average molecular weight is 254 g/mol. The van der Waals surface area contributed by atoms with Gasteiger partial charge in [0.25, 0.3) is 0 Å². The summed E-state index contributed by atoms with van der Waals surface area (Å²) in [6.07, 6.45) is 1.23. The number of nitriles is 1. The van der Waals surface area contributed by atoms with Gasteiger partial charge >= 0.3 is 5.97 Å². The molecule has 0 aromatic carbocycles. The average Bonchev–Trinajstić information content (AvgIpc) is 2.30. The van der Waals surface area contributed by atoms with Crippen molar-refractivity contribution in [1.29, 1.82) is 5.26 Å². The summed E-state index contributed by atoms with van der Waals surface area (Å²) in [5, 5.41) is 20.7. The Kier molecular flexibility index (Phi) is 4.73. The second kappa shape index (κ2) is 6.06. The number of rotatable bonds is 5. The minimum atomic E-state index is -0.942. The fraction of sp³-hybridized carbons (Fsp3) is 0.364. The number of carbonyl (C=O) groups is 1. The molecule has 0 amide bonds. The Bertz CT molecular complexity index is 457. The second-order valence-corrected chi connectivity index (χ2v) is 3.87. The molecular weight excluding hydrogens is 242 g/mol. The number of carboxylic acid groups (broad SMARTS) is 1. The van der Waals surface area contributed by atoms with Crippen molar-refractivity contribution in [1.82, 2.24) is 4.98 Å². The maximum absolute atomic E-state index is 10.9. The summed E-state index contributed by atoms with van der Waals surface area (Å²) in [5.41, 5.74) is 0.0808. The number of nitrogens with zero attached hydrogens (tertiary/aromatic N) is 2. The summed E-state index contributed by atoms with van der Waals surface area (Å²) < 4.78 is 0. The van der Waals surface area contributed by atoms with Crippen LogP contribution in [0.25, 0.3) is 0 Å². The minimum absolute atomic E-state index is 0.0808. The number of halogens is 1. The molecule has 1 aromatic rings. The molecule has 1 unspecified atom stereocenters. The Morgan fingerprint density at radius 2 is 2.41 bits per heavy atom. The number of hydrogen-bond acceptors (Lipinski definition) is 4. The molecule has 90 valence electrons. The van der Waals surface area contributed by atoms with Gasteiger partial charge in [0.15, 0.2) is 5.69 Å². The van der Waals surface area contributed by atoms with E-state index in [2.05, 4.69) is 10.3 Å². The molecule has 0 bridgehead atoms. The molecule has 0 aliphatic heterocycles. The van der Waals surface area contributed by atoms with Crippen LogP contribution < -0.4 is 5.32 Å². The predicted octanol–water partition coefficient (Wildman–Crippen LogP) is 2.27. The van der Waals surface area contributed by atoms with Crippen LogP contribution in [0.3, 0.4) is 0 Å². The number of hydrogen-bond donors (Lipinski definition) is 2. The molecule has 0 fully saturated rings. The highest BCUT2D eigenvalue weighted by Gasteiger charge is 2.16. The number of anilines is 1. The lowest BCUT2D eigenvalue weighted by atomic mass is 10.1. The van der Waals surface area contributed by atoms with Gasteiger partial charge < -0.3 is 10.4 Å². The summed E-state index contributed by atoms with van der Waals surface area (Å²) in [7, 11) is 0. The fourth-order valence-corrected chi connectivity index (χ4v) is 1.47. The standard InChI is InChI=1S/C11H12ClN3O2/c1-2-3-8(11(16)17)14-10-5-4-7(12)9(6-13)15-10/h4-5,8H,2-3H2,1H3,(H,14,15)(H,16,17). The first-order chi connectivity index (χ1) is 8.08. The van der Waals surface area contributed by atoms with Gasteiger partial charge in [0.1, 0.15) is 17.9 Å². The Labute approximate surface area is 104 Å². The Balaban J connectivity index is 2.87. The van der Waals surface area contributed by atoms with Crippen molar-refractivity contribution in [2.45, 2.75) is 25.8 Å². The van der Waals surface area contributed by atoms with E-state index in [0.717, 1.165) is 6.42 Å². The maximum Gasteiger partial charge on any atom is 0.326 e. The molecule has 1 heterocycles. The summed E-state index contributed by atoms with van der Waals surface area (Å²) in [6, 6.07) is 4.20. The predicted molar refractivity (Wildman–Crippen MR) is 63.9 cm³/mol. The third-order valence-corrected chi connectivity index (χ3v) is 2.45. The second-order valence-electron chi connectivity index (χ2n) is 3.46. The fourth-order valence-electron chi connectivity index (χ4n) is 1.33. The van der Waals surface area contributed by atoms with E-state index in [0.29, 0.717) is 12.2 Å². The van der Waals surface area contributed by atoms with Gasteiger partial charge in [0.2, 0.25) is 0 Å². The van der Waals surface area contributed by atoms with Gasteiger partial charge in [-0.15, -0.1) is 0 Å². The van der Waals surface area contributed by atoms with Gasteiger partial charge in [-0.1, -0.05) is 24.9 Å². The number of pyridine rings is 1. The third kappa shape index (κ3) is 3.61. The largest absolute Gasteiger partial charge is 0.480 e. The molecule has 0 aliphatic carbocycles. The molecule has 1 atom stereocenters. The van der Waals surface area contributed by atoms with Crippen LogP contribution in [-0.2, 0) is 4.79 Å². The molecule has 6 heteroatoms. The smallest absolute Gasteiger partial charge is 0.326 e. The van der Waals surface area contributed by atoms with Crippen molar-refractivity contribution in [3.63, 3.8) is 0 Å². The van der Waals surface area contributed by atoms with E-state index < -0.39 is 12.0 Å². The maximum atomic E-state index is 10.9. The highest BCUT2D eigenvalue weighted by atomic mass is 35.5. The van der Waals surface area contributed by atoms with Crippen LogP contribution in [0.15, 0.2) is 12.1 Å². The Morgan fingerprint density at radius 3 is 2.94 bits per heavy atom. The van der Waals surface area contributed by atoms with Crippen molar-refractivity contribution < 1.29 is 9.90 Å². The zero-order valence-corrected chi connectivity index (χ0v) is 10.0. The zero-order chi connectivity index (χ0) is 12.8.